The van der Waals surface area contributed by atoms with Crippen molar-refractivity contribution >= 4 is 79.6 Å². The van der Waals surface area contributed by atoms with E-state index >= 15 is 0 Å². The second-order valence-electron chi connectivity index (χ2n) is 2.47. The van der Waals surface area contributed by atoms with Crippen LogP contribution in [0.3, 0.4) is 0 Å². The Morgan fingerprint density at radius 1 is 0.800 bits per heavy atom. The van der Waals surface area contributed by atoms with E-state index in [4.69, 9.17) is 9.84 Å². The Morgan fingerprint density at radius 2 is 1.20 bits per heavy atom. The Labute approximate surface area is 129 Å². The summed E-state index contributed by atoms with van der Waals surface area (Å²) in [5.74, 6) is 0.644. The molecule has 84 valence electrons. The quantitative estimate of drug-likeness (QED) is 0.445. The maximum Gasteiger partial charge on any atom is 0.150 e. The van der Waals surface area contributed by atoms with Gasteiger partial charge in [-0.15, -0.1) is 0 Å². The van der Waals surface area contributed by atoms with E-state index in [1.54, 1.807) is 0 Å². The first-order valence-electron chi connectivity index (χ1n) is 3.75. The minimum atomic E-state index is -0.0236. The van der Waals surface area contributed by atoms with E-state index in [9.17, 15) is 0 Å². The molecular formula is C8H5Br5O2. The zero-order chi connectivity index (χ0) is 11.6. The first-order valence-corrected chi connectivity index (χ1v) is 7.72. The van der Waals surface area contributed by atoms with Crippen molar-refractivity contribution in [2.24, 2.45) is 0 Å². The molecule has 0 aliphatic rings. The zero-order valence-electron chi connectivity index (χ0n) is 7.16. The van der Waals surface area contributed by atoms with Crippen LogP contribution in [0, 0.1) is 0 Å². The van der Waals surface area contributed by atoms with Gasteiger partial charge in [-0.3, -0.25) is 0 Å². The molecule has 0 aliphatic carbocycles. The van der Waals surface area contributed by atoms with Crippen molar-refractivity contribution in [1.29, 1.82) is 0 Å². The topological polar surface area (TPSA) is 29.5 Å². The number of halogens is 5. The monoisotopic (exact) mass is 528 g/mol. The van der Waals surface area contributed by atoms with Gasteiger partial charge < -0.3 is 9.84 Å². The molecule has 0 heterocycles. The van der Waals surface area contributed by atoms with Crippen molar-refractivity contribution in [3.63, 3.8) is 0 Å². The van der Waals surface area contributed by atoms with Crippen LogP contribution in [0.1, 0.15) is 0 Å². The van der Waals surface area contributed by atoms with Gasteiger partial charge in [0.15, 0.2) is 0 Å². The molecule has 1 aromatic carbocycles. The average Bonchev–Trinajstić information content (AvgIpc) is 2.24. The summed E-state index contributed by atoms with van der Waals surface area (Å²) in [5, 5.41) is 8.71. The lowest BCUT2D eigenvalue weighted by Gasteiger charge is -2.13. The molecule has 0 bridgehead atoms. The Balaban J connectivity index is 3.26. The van der Waals surface area contributed by atoms with Gasteiger partial charge in [0.2, 0.25) is 0 Å². The third-order valence-corrected chi connectivity index (χ3v) is 7.53. The van der Waals surface area contributed by atoms with E-state index in [0.717, 1.165) is 22.4 Å². The van der Waals surface area contributed by atoms with Crippen molar-refractivity contribution in [3.8, 4) is 5.75 Å². The molecule has 0 atom stereocenters. The fourth-order valence-electron chi connectivity index (χ4n) is 0.859. The van der Waals surface area contributed by atoms with Crippen LogP contribution in [-0.4, -0.2) is 18.3 Å². The van der Waals surface area contributed by atoms with Crippen LogP contribution in [0.5, 0.6) is 5.75 Å². The summed E-state index contributed by atoms with van der Waals surface area (Å²) in [6, 6.07) is 0. The third kappa shape index (κ3) is 3.19. The molecule has 0 saturated carbocycles. The van der Waals surface area contributed by atoms with E-state index < -0.39 is 0 Å². The van der Waals surface area contributed by atoms with Crippen molar-refractivity contribution in [3.05, 3.63) is 22.4 Å². The number of aliphatic hydroxyl groups excluding tert-OH is 1. The van der Waals surface area contributed by atoms with Gasteiger partial charge >= 0.3 is 0 Å². The highest BCUT2D eigenvalue weighted by molar-refractivity contribution is 9.15. The maximum atomic E-state index is 8.71. The van der Waals surface area contributed by atoms with Gasteiger partial charge in [-0.1, -0.05) is 0 Å². The van der Waals surface area contributed by atoms with Crippen LogP contribution in [-0.2, 0) is 0 Å². The summed E-state index contributed by atoms with van der Waals surface area (Å²) in [6.45, 7) is 0.224. The molecule has 0 spiro atoms. The normalized spacial score (nSPS) is 10.5. The molecule has 15 heavy (non-hydrogen) atoms. The van der Waals surface area contributed by atoms with Crippen LogP contribution in [0.4, 0.5) is 0 Å². The van der Waals surface area contributed by atoms with Crippen LogP contribution in [0.2, 0.25) is 0 Å². The minimum Gasteiger partial charge on any atom is -0.489 e. The molecule has 1 rings (SSSR count). The van der Waals surface area contributed by atoms with E-state index in [2.05, 4.69) is 79.6 Å². The van der Waals surface area contributed by atoms with Crippen LogP contribution < -0.4 is 4.74 Å². The third-order valence-electron chi connectivity index (χ3n) is 1.51. The van der Waals surface area contributed by atoms with Gasteiger partial charge in [0.1, 0.15) is 12.4 Å². The number of hydrogen-bond acceptors (Lipinski definition) is 2. The highest BCUT2D eigenvalue weighted by atomic mass is 79.9. The number of hydrogen-bond donors (Lipinski definition) is 1. The molecule has 0 saturated heterocycles. The highest BCUT2D eigenvalue weighted by Gasteiger charge is 2.18. The van der Waals surface area contributed by atoms with Crippen LogP contribution >= 0.6 is 79.6 Å². The largest absolute Gasteiger partial charge is 0.489 e. The summed E-state index contributed by atoms with van der Waals surface area (Å²) in [5.41, 5.74) is 0. The van der Waals surface area contributed by atoms with Gasteiger partial charge in [0, 0.05) is 4.47 Å². The van der Waals surface area contributed by atoms with Gasteiger partial charge in [0.25, 0.3) is 0 Å². The molecule has 1 N–H and O–H groups in total. The fraction of sp³-hybridized carbons (Fsp3) is 0.250. The van der Waals surface area contributed by atoms with Gasteiger partial charge in [0.05, 0.1) is 24.5 Å². The summed E-state index contributed by atoms with van der Waals surface area (Å²) in [4.78, 5) is 0. The van der Waals surface area contributed by atoms with E-state index in [1.165, 1.54) is 0 Å². The van der Waals surface area contributed by atoms with Crippen molar-refractivity contribution < 1.29 is 9.84 Å². The fourth-order valence-corrected chi connectivity index (χ4v) is 4.10. The summed E-state index contributed by atoms with van der Waals surface area (Å²) in [6.07, 6.45) is 0. The molecule has 0 fully saturated rings. The summed E-state index contributed by atoms with van der Waals surface area (Å²) >= 11 is 17.1. The molecule has 0 aromatic heterocycles. The predicted molar refractivity (Wildman–Crippen MR) is 77.5 cm³/mol. The molecular weight excluding hydrogens is 528 g/mol. The standard InChI is InChI=1S/C8H5Br5O2/c9-3-4(10)6(12)8(15-2-1-14)7(13)5(3)11/h14H,1-2H2. The molecule has 2 nitrogen and oxygen atoms in total. The molecule has 0 unspecified atom stereocenters. The molecule has 0 aliphatic heterocycles. The lowest BCUT2D eigenvalue weighted by molar-refractivity contribution is 0.199. The van der Waals surface area contributed by atoms with Gasteiger partial charge in [-0.05, 0) is 79.6 Å². The lowest BCUT2D eigenvalue weighted by Crippen LogP contribution is -2.03. The zero-order valence-corrected chi connectivity index (χ0v) is 15.1. The predicted octanol–water partition coefficient (Wildman–Crippen LogP) is 4.87. The lowest BCUT2D eigenvalue weighted by atomic mass is 10.3. The molecule has 0 radical (unpaired) electrons. The van der Waals surface area contributed by atoms with E-state index in [0.29, 0.717) is 5.75 Å². The van der Waals surface area contributed by atoms with Gasteiger partial charge in [-0.25, -0.2) is 0 Å². The number of benzene rings is 1. The number of ether oxygens (including phenoxy) is 1. The minimum absolute atomic E-state index is 0.0236. The Kier molecular flexibility index (Phi) is 6.11. The smallest absolute Gasteiger partial charge is 0.150 e. The van der Waals surface area contributed by atoms with Crippen LogP contribution in [0.25, 0.3) is 0 Å². The van der Waals surface area contributed by atoms with Crippen molar-refractivity contribution in [2.45, 2.75) is 0 Å². The SMILES string of the molecule is OCCOc1c(Br)c(Br)c(Br)c(Br)c1Br. The molecule has 7 heteroatoms. The maximum absolute atomic E-state index is 8.71. The van der Waals surface area contributed by atoms with Crippen molar-refractivity contribution in [2.75, 3.05) is 13.2 Å². The second-order valence-corrected chi connectivity index (χ2v) is 6.44. The first-order chi connectivity index (χ1) is 7.00. The average molecular weight is 533 g/mol. The second kappa shape index (κ2) is 6.35. The van der Waals surface area contributed by atoms with E-state index in [1.807, 2.05) is 0 Å². The molecule has 0 amide bonds. The number of aliphatic hydroxyl groups is 1. The Morgan fingerprint density at radius 3 is 1.60 bits per heavy atom. The number of rotatable bonds is 3. The Hall–Kier alpha value is 1.38. The first kappa shape index (κ1) is 14.4. The highest BCUT2D eigenvalue weighted by Crippen LogP contribution is 2.48. The summed E-state index contributed by atoms with van der Waals surface area (Å²) in [7, 11) is 0. The van der Waals surface area contributed by atoms with Crippen molar-refractivity contribution in [1.82, 2.24) is 0 Å². The van der Waals surface area contributed by atoms with Gasteiger partial charge in [-0.2, -0.15) is 0 Å². The van der Waals surface area contributed by atoms with E-state index in [-0.39, 0.29) is 13.2 Å². The summed E-state index contributed by atoms with van der Waals surface area (Å²) < 4.78 is 9.58. The Bertz CT molecular complexity index is 351. The van der Waals surface area contributed by atoms with Crippen LogP contribution in [0.15, 0.2) is 22.4 Å². The molecule has 1 aromatic rings.